The Kier molecular flexibility index (Phi) is 5.89. The predicted molar refractivity (Wildman–Crippen MR) is 96.8 cm³/mol. The number of hydrogen-bond donors (Lipinski definition) is 0. The lowest BCUT2D eigenvalue weighted by molar-refractivity contribution is -0.384. The van der Waals surface area contributed by atoms with Crippen LogP contribution in [0.15, 0.2) is 24.3 Å². The van der Waals surface area contributed by atoms with E-state index in [4.69, 9.17) is 16.3 Å². The van der Waals surface area contributed by atoms with Gasteiger partial charge in [-0.2, -0.15) is 0 Å². The monoisotopic (exact) mass is 396 g/mol. The zero-order chi connectivity index (χ0) is 20.5. The van der Waals surface area contributed by atoms with Crippen LogP contribution in [-0.4, -0.2) is 39.0 Å². The lowest BCUT2D eigenvalue weighted by Crippen LogP contribution is -2.66. The van der Waals surface area contributed by atoms with Crippen LogP contribution in [0, 0.1) is 21.4 Å². The van der Waals surface area contributed by atoms with Gasteiger partial charge in [0.2, 0.25) is 5.91 Å². The molecule has 1 amide bonds. The van der Waals surface area contributed by atoms with Gasteiger partial charge in [-0.25, -0.2) is 4.79 Å². The number of likely N-dealkylation sites (tertiary alicyclic amines) is 1. The maximum Gasteiger partial charge on any atom is 0.337 e. The lowest BCUT2D eigenvalue weighted by atomic mass is 9.83. The number of non-ortho nitro benzene ring substituents is 1. The van der Waals surface area contributed by atoms with E-state index in [0.717, 1.165) is 4.90 Å². The number of hydrogen-bond acceptors (Lipinski definition) is 6. The van der Waals surface area contributed by atoms with E-state index >= 15 is 0 Å². The molecule has 0 N–H and O–H groups in total. The van der Waals surface area contributed by atoms with E-state index in [0.29, 0.717) is 5.56 Å². The fraction of sp³-hybridized carbons (Fsp3) is 0.500. The van der Waals surface area contributed by atoms with E-state index in [2.05, 4.69) is 0 Å². The minimum atomic E-state index is -1.42. The van der Waals surface area contributed by atoms with Gasteiger partial charge < -0.3 is 9.64 Å². The van der Waals surface area contributed by atoms with Crippen LogP contribution in [0.4, 0.5) is 5.69 Å². The highest BCUT2D eigenvalue weighted by molar-refractivity contribution is 6.26. The van der Waals surface area contributed by atoms with Crippen molar-refractivity contribution >= 4 is 34.9 Å². The highest BCUT2D eigenvalue weighted by atomic mass is 35.5. The zero-order valence-electron chi connectivity index (χ0n) is 15.5. The van der Waals surface area contributed by atoms with Gasteiger partial charge in [-0.15, -0.1) is 0 Å². The minimum absolute atomic E-state index is 0.0870. The number of Topliss-reactive ketones (excluding diaryl/α,β-unsaturated/α-hetero) is 1. The number of amides is 1. The summed E-state index contributed by atoms with van der Waals surface area (Å²) in [6, 6.07) is 4.06. The lowest BCUT2D eigenvalue weighted by Gasteiger charge is -2.46. The topological polar surface area (TPSA) is 107 Å². The first-order valence-corrected chi connectivity index (χ1v) is 8.79. The molecule has 1 saturated heterocycles. The summed E-state index contributed by atoms with van der Waals surface area (Å²) in [5.74, 6) is -2.21. The van der Waals surface area contributed by atoms with Crippen molar-refractivity contribution in [2.24, 2.45) is 11.3 Å². The minimum Gasteiger partial charge on any atom is -0.459 e. The standard InChI is InChI=1S/C18H21ClN2O6/c1-10-15(19)20(16(10)23)13(14(22)18(2,3)4)17(24)27-9-11-5-7-12(8-6-11)21(25)26/h5-8,10,13,15H,9H2,1-4H3. The van der Waals surface area contributed by atoms with Gasteiger partial charge in [0.1, 0.15) is 12.1 Å². The van der Waals surface area contributed by atoms with E-state index in [1.54, 1.807) is 27.7 Å². The highest BCUT2D eigenvalue weighted by Gasteiger charge is 2.53. The Hall–Kier alpha value is -2.48. The summed E-state index contributed by atoms with van der Waals surface area (Å²) >= 11 is 6.14. The number of ketones is 1. The highest BCUT2D eigenvalue weighted by Crippen LogP contribution is 2.34. The zero-order valence-corrected chi connectivity index (χ0v) is 16.2. The van der Waals surface area contributed by atoms with Crippen LogP contribution in [0.1, 0.15) is 33.3 Å². The molecule has 1 aromatic rings. The second kappa shape index (κ2) is 7.64. The fourth-order valence-corrected chi connectivity index (χ4v) is 2.92. The fourth-order valence-electron chi connectivity index (χ4n) is 2.61. The van der Waals surface area contributed by atoms with Gasteiger partial charge in [-0.05, 0) is 17.7 Å². The number of halogens is 1. The van der Waals surface area contributed by atoms with Crippen molar-refractivity contribution in [3.05, 3.63) is 39.9 Å². The Morgan fingerprint density at radius 3 is 2.30 bits per heavy atom. The number of rotatable bonds is 6. The molecular weight excluding hydrogens is 376 g/mol. The number of nitro groups is 1. The van der Waals surface area contributed by atoms with Crippen LogP contribution in [-0.2, 0) is 25.7 Å². The summed E-state index contributed by atoms with van der Waals surface area (Å²) in [4.78, 5) is 48.7. The molecule has 9 heteroatoms. The van der Waals surface area contributed by atoms with Gasteiger partial charge in [0, 0.05) is 17.5 Å². The number of alkyl halides is 1. The number of ether oxygens (including phenoxy) is 1. The van der Waals surface area contributed by atoms with Crippen molar-refractivity contribution in [2.75, 3.05) is 0 Å². The summed E-state index contributed by atoms with van der Waals surface area (Å²) in [5.41, 5.74) is -1.22. The smallest absolute Gasteiger partial charge is 0.337 e. The number of carbonyl (C=O) groups is 3. The van der Waals surface area contributed by atoms with Gasteiger partial charge in [-0.3, -0.25) is 19.7 Å². The molecule has 2 rings (SSSR count). The molecular formula is C18H21ClN2O6. The van der Waals surface area contributed by atoms with E-state index < -0.39 is 39.6 Å². The number of benzene rings is 1. The van der Waals surface area contributed by atoms with E-state index in [-0.39, 0.29) is 18.2 Å². The number of β-lactam (4-membered cyclic amide) rings is 1. The predicted octanol–water partition coefficient (Wildman–Crippen LogP) is 2.67. The maximum absolute atomic E-state index is 12.7. The summed E-state index contributed by atoms with van der Waals surface area (Å²) in [6.07, 6.45) is 0. The van der Waals surface area contributed by atoms with Crippen LogP contribution in [0.3, 0.4) is 0 Å². The molecule has 27 heavy (non-hydrogen) atoms. The molecule has 0 aromatic heterocycles. The summed E-state index contributed by atoms with van der Waals surface area (Å²) in [7, 11) is 0. The van der Waals surface area contributed by atoms with Crippen LogP contribution >= 0.6 is 11.6 Å². The Morgan fingerprint density at radius 2 is 1.85 bits per heavy atom. The van der Waals surface area contributed by atoms with E-state index in [1.165, 1.54) is 24.3 Å². The Balaban J connectivity index is 2.15. The molecule has 146 valence electrons. The van der Waals surface area contributed by atoms with Crippen molar-refractivity contribution in [2.45, 2.75) is 45.8 Å². The molecule has 8 nitrogen and oxygen atoms in total. The third kappa shape index (κ3) is 4.27. The molecule has 1 heterocycles. The second-order valence-electron chi connectivity index (χ2n) is 7.45. The van der Waals surface area contributed by atoms with Crippen LogP contribution in [0.5, 0.6) is 0 Å². The Bertz CT molecular complexity index is 771. The average molecular weight is 397 g/mol. The van der Waals surface area contributed by atoms with Gasteiger partial charge in [0.25, 0.3) is 5.69 Å². The van der Waals surface area contributed by atoms with Crippen LogP contribution in [0.25, 0.3) is 0 Å². The van der Waals surface area contributed by atoms with Gasteiger partial charge in [0.05, 0.1) is 10.8 Å². The first-order valence-electron chi connectivity index (χ1n) is 8.35. The maximum atomic E-state index is 12.7. The molecule has 1 fully saturated rings. The van der Waals surface area contributed by atoms with E-state index in [9.17, 15) is 24.5 Å². The van der Waals surface area contributed by atoms with E-state index in [1.807, 2.05) is 0 Å². The first-order chi connectivity index (χ1) is 12.4. The third-order valence-corrected chi connectivity index (χ3v) is 4.93. The van der Waals surface area contributed by atoms with Gasteiger partial charge in [0.15, 0.2) is 11.8 Å². The summed E-state index contributed by atoms with van der Waals surface area (Å²) in [5, 5.41) is 10.7. The van der Waals surface area contributed by atoms with Crippen molar-refractivity contribution in [3.63, 3.8) is 0 Å². The van der Waals surface area contributed by atoms with Crippen molar-refractivity contribution in [3.8, 4) is 0 Å². The number of nitrogens with zero attached hydrogens (tertiary/aromatic N) is 2. The molecule has 0 saturated carbocycles. The van der Waals surface area contributed by atoms with Gasteiger partial charge in [-0.1, -0.05) is 39.3 Å². The van der Waals surface area contributed by atoms with Gasteiger partial charge >= 0.3 is 5.97 Å². The molecule has 1 aliphatic heterocycles. The quantitative estimate of drug-likeness (QED) is 0.139. The molecule has 3 atom stereocenters. The first kappa shape index (κ1) is 20.8. The van der Waals surface area contributed by atoms with Crippen molar-refractivity contribution in [1.82, 2.24) is 4.90 Å². The van der Waals surface area contributed by atoms with Crippen molar-refractivity contribution in [1.29, 1.82) is 0 Å². The SMILES string of the molecule is CC1C(=O)N(C(C(=O)OCc2ccc([N+](=O)[O-])cc2)C(=O)C(C)(C)C)C1Cl. The average Bonchev–Trinajstić information content (AvgIpc) is 2.62. The van der Waals surface area contributed by atoms with Crippen LogP contribution in [0.2, 0.25) is 0 Å². The molecule has 1 aliphatic rings. The summed E-state index contributed by atoms with van der Waals surface area (Å²) in [6.45, 7) is 6.36. The molecule has 0 spiro atoms. The Labute approximate surface area is 161 Å². The number of esters is 1. The normalized spacial score (nSPS) is 20.6. The molecule has 0 aliphatic carbocycles. The largest absolute Gasteiger partial charge is 0.459 e. The molecule has 1 aromatic carbocycles. The molecule has 3 unspecified atom stereocenters. The molecule has 0 radical (unpaired) electrons. The third-order valence-electron chi connectivity index (χ3n) is 4.34. The van der Waals surface area contributed by atoms with Crippen molar-refractivity contribution < 1.29 is 24.0 Å². The van der Waals surface area contributed by atoms with Crippen LogP contribution < -0.4 is 0 Å². The Morgan fingerprint density at radius 1 is 1.30 bits per heavy atom. The number of carbonyl (C=O) groups excluding carboxylic acids is 3. The molecule has 0 bridgehead atoms. The number of nitro benzene ring substituents is 1. The second-order valence-corrected chi connectivity index (χ2v) is 7.90. The summed E-state index contributed by atoms with van der Waals surface area (Å²) < 4.78 is 5.21.